The maximum absolute atomic E-state index is 13.4. The summed E-state index contributed by atoms with van der Waals surface area (Å²) in [4.78, 5) is 14.2. The molecule has 1 fully saturated rings. The van der Waals surface area contributed by atoms with Crippen LogP contribution in [0.1, 0.15) is 30.5 Å². The molecule has 5 heteroatoms. The van der Waals surface area contributed by atoms with Crippen molar-refractivity contribution in [3.8, 4) is 5.75 Å². The number of rotatable bonds is 2. The molecule has 2 unspecified atom stereocenters. The molecule has 2 aliphatic heterocycles. The van der Waals surface area contributed by atoms with Gasteiger partial charge in [0.05, 0.1) is 12.6 Å². The lowest BCUT2D eigenvalue weighted by atomic mass is 9.90. The predicted molar refractivity (Wildman–Crippen MR) is 83.3 cm³/mol. The zero-order valence-corrected chi connectivity index (χ0v) is 12.8. The molecule has 2 amide bonds. The van der Waals surface area contributed by atoms with Crippen LogP contribution in [0.2, 0.25) is 0 Å². The third-order valence-corrected chi connectivity index (χ3v) is 4.55. The quantitative estimate of drug-likeness (QED) is 0.920. The van der Waals surface area contributed by atoms with Gasteiger partial charge < -0.3 is 10.1 Å². The minimum absolute atomic E-state index is 0.0544. The van der Waals surface area contributed by atoms with Crippen molar-refractivity contribution in [1.82, 2.24) is 10.2 Å². The Balaban J connectivity index is 1.68. The summed E-state index contributed by atoms with van der Waals surface area (Å²) in [6.07, 6.45) is 0.658. The number of halogens is 1. The van der Waals surface area contributed by atoms with Gasteiger partial charge in [-0.3, -0.25) is 4.90 Å². The maximum atomic E-state index is 13.4. The van der Waals surface area contributed by atoms with Crippen LogP contribution in [-0.4, -0.2) is 16.7 Å². The highest BCUT2D eigenvalue weighted by molar-refractivity contribution is 5.77. The normalized spacial score (nSPS) is 25.4. The zero-order valence-electron chi connectivity index (χ0n) is 12.8. The van der Waals surface area contributed by atoms with Crippen molar-refractivity contribution in [2.75, 3.05) is 0 Å². The van der Waals surface area contributed by atoms with E-state index in [0.717, 1.165) is 16.9 Å². The third kappa shape index (κ3) is 2.32. The molecule has 2 heterocycles. The van der Waals surface area contributed by atoms with Crippen LogP contribution >= 0.6 is 0 Å². The summed E-state index contributed by atoms with van der Waals surface area (Å²) in [7, 11) is 0. The van der Waals surface area contributed by atoms with E-state index >= 15 is 0 Å². The van der Waals surface area contributed by atoms with Crippen molar-refractivity contribution in [2.45, 2.75) is 31.7 Å². The minimum Gasteiger partial charge on any atom is -0.468 e. The molecule has 0 aliphatic carbocycles. The van der Waals surface area contributed by atoms with Gasteiger partial charge in [0.15, 0.2) is 5.72 Å². The van der Waals surface area contributed by atoms with E-state index < -0.39 is 5.72 Å². The number of hydrogen-bond acceptors (Lipinski definition) is 2. The topological polar surface area (TPSA) is 41.6 Å². The molecule has 1 saturated heterocycles. The van der Waals surface area contributed by atoms with E-state index in [4.69, 9.17) is 4.74 Å². The number of nitrogens with one attached hydrogen (secondary N) is 1. The molecule has 4 nitrogen and oxygen atoms in total. The highest BCUT2D eigenvalue weighted by atomic mass is 19.1. The molecule has 23 heavy (non-hydrogen) atoms. The third-order valence-electron chi connectivity index (χ3n) is 4.55. The van der Waals surface area contributed by atoms with Gasteiger partial charge >= 0.3 is 6.03 Å². The molecule has 118 valence electrons. The molecule has 2 aromatic carbocycles. The average molecular weight is 312 g/mol. The lowest BCUT2D eigenvalue weighted by Crippen LogP contribution is -2.64. The summed E-state index contributed by atoms with van der Waals surface area (Å²) in [6, 6.07) is 13.8. The van der Waals surface area contributed by atoms with E-state index in [1.165, 1.54) is 12.1 Å². The van der Waals surface area contributed by atoms with Gasteiger partial charge in [0.1, 0.15) is 11.6 Å². The van der Waals surface area contributed by atoms with E-state index in [-0.39, 0.29) is 17.9 Å². The number of benzene rings is 2. The monoisotopic (exact) mass is 312 g/mol. The van der Waals surface area contributed by atoms with E-state index in [1.807, 2.05) is 37.3 Å². The fraction of sp³-hybridized carbons (Fsp3) is 0.278. The molecule has 0 radical (unpaired) electrons. The van der Waals surface area contributed by atoms with Gasteiger partial charge in [-0.05, 0) is 30.7 Å². The van der Waals surface area contributed by atoms with E-state index in [9.17, 15) is 9.18 Å². The van der Waals surface area contributed by atoms with Crippen molar-refractivity contribution in [1.29, 1.82) is 0 Å². The van der Waals surface area contributed by atoms with Gasteiger partial charge in [-0.25, -0.2) is 9.18 Å². The molecule has 2 aromatic rings. The number of ether oxygens (including phenoxy) is 1. The van der Waals surface area contributed by atoms with E-state index in [2.05, 4.69) is 5.32 Å². The second-order valence-corrected chi connectivity index (χ2v) is 6.24. The lowest BCUT2D eigenvalue weighted by molar-refractivity contribution is -0.0879. The van der Waals surface area contributed by atoms with Gasteiger partial charge in [-0.2, -0.15) is 0 Å². The molecule has 0 aromatic heterocycles. The predicted octanol–water partition coefficient (Wildman–Crippen LogP) is 3.59. The number of amides is 2. The summed E-state index contributed by atoms with van der Waals surface area (Å²) < 4.78 is 19.6. The molecule has 2 aliphatic rings. The molecule has 0 saturated carbocycles. The van der Waals surface area contributed by atoms with Crippen LogP contribution in [0.4, 0.5) is 9.18 Å². The largest absolute Gasteiger partial charge is 0.468 e. The molecular weight excluding hydrogens is 295 g/mol. The maximum Gasteiger partial charge on any atom is 0.321 e. The van der Waals surface area contributed by atoms with E-state index in [1.54, 1.807) is 11.0 Å². The summed E-state index contributed by atoms with van der Waals surface area (Å²) in [6.45, 7) is 2.21. The molecule has 2 bridgehead atoms. The molecule has 2 atom stereocenters. The second kappa shape index (κ2) is 4.98. The highest BCUT2D eigenvalue weighted by Gasteiger charge is 2.48. The first-order chi connectivity index (χ1) is 11.0. The van der Waals surface area contributed by atoms with Crippen LogP contribution in [0.3, 0.4) is 0 Å². The van der Waals surface area contributed by atoms with Gasteiger partial charge in [-0.15, -0.1) is 0 Å². The Kier molecular flexibility index (Phi) is 3.04. The second-order valence-electron chi connectivity index (χ2n) is 6.24. The smallest absolute Gasteiger partial charge is 0.321 e. The van der Waals surface area contributed by atoms with E-state index in [0.29, 0.717) is 13.0 Å². The van der Waals surface area contributed by atoms with Crippen molar-refractivity contribution in [3.63, 3.8) is 0 Å². The van der Waals surface area contributed by atoms with Crippen molar-refractivity contribution in [2.24, 2.45) is 0 Å². The Morgan fingerprint density at radius 3 is 2.96 bits per heavy atom. The highest BCUT2D eigenvalue weighted by Crippen LogP contribution is 2.44. The first-order valence-electron chi connectivity index (χ1n) is 7.66. The zero-order chi connectivity index (χ0) is 16.0. The Morgan fingerprint density at radius 1 is 1.30 bits per heavy atom. The van der Waals surface area contributed by atoms with Crippen LogP contribution in [0.5, 0.6) is 5.75 Å². The Bertz CT molecular complexity index is 779. The average Bonchev–Trinajstić information content (AvgIpc) is 2.51. The number of urea groups is 1. The number of para-hydroxylation sites is 1. The summed E-state index contributed by atoms with van der Waals surface area (Å²) in [5, 5.41) is 3.03. The van der Waals surface area contributed by atoms with Gasteiger partial charge in [0.2, 0.25) is 0 Å². The Labute approximate surface area is 133 Å². The molecule has 0 spiro atoms. The SMILES string of the molecule is CC12CC(NC(=O)N1Cc1cccc(F)c1)c1ccccc1O2. The Hall–Kier alpha value is -2.56. The fourth-order valence-electron chi connectivity index (χ4n) is 3.42. The molecular formula is C18H17FN2O2. The molecule has 1 N–H and O–H groups in total. The standard InChI is InChI=1S/C18H17FN2O2/c1-18-10-15(14-7-2-3-8-16(14)23-18)20-17(22)21(18)11-12-5-4-6-13(19)9-12/h2-9,15H,10-11H2,1H3,(H,20,22). The van der Waals surface area contributed by atoms with Crippen molar-refractivity contribution >= 4 is 6.03 Å². The molecule has 4 rings (SSSR count). The van der Waals surface area contributed by atoms with Crippen LogP contribution in [-0.2, 0) is 6.54 Å². The number of fused-ring (bicyclic) bond motifs is 4. The Morgan fingerprint density at radius 2 is 2.13 bits per heavy atom. The minimum atomic E-state index is -0.742. The number of hydrogen-bond donors (Lipinski definition) is 1. The fourth-order valence-corrected chi connectivity index (χ4v) is 3.42. The number of carbonyl (C=O) groups is 1. The van der Waals surface area contributed by atoms with Gasteiger partial charge in [0, 0.05) is 12.0 Å². The summed E-state index contributed by atoms with van der Waals surface area (Å²) in [5.74, 6) is 0.480. The van der Waals surface area contributed by atoms with Crippen LogP contribution in [0.15, 0.2) is 48.5 Å². The van der Waals surface area contributed by atoms with Crippen LogP contribution in [0.25, 0.3) is 0 Å². The summed E-state index contributed by atoms with van der Waals surface area (Å²) >= 11 is 0. The van der Waals surface area contributed by atoms with Crippen LogP contribution in [0, 0.1) is 5.82 Å². The number of nitrogens with zero attached hydrogens (tertiary/aromatic N) is 1. The van der Waals surface area contributed by atoms with Crippen molar-refractivity contribution in [3.05, 3.63) is 65.5 Å². The van der Waals surface area contributed by atoms with Gasteiger partial charge in [0.25, 0.3) is 0 Å². The number of carbonyl (C=O) groups excluding carboxylic acids is 1. The van der Waals surface area contributed by atoms with Gasteiger partial charge in [-0.1, -0.05) is 30.3 Å². The van der Waals surface area contributed by atoms with Crippen LogP contribution < -0.4 is 10.1 Å². The first-order valence-corrected chi connectivity index (χ1v) is 7.66. The summed E-state index contributed by atoms with van der Waals surface area (Å²) in [5.41, 5.74) is 0.999. The first kappa shape index (κ1) is 14.1. The lowest BCUT2D eigenvalue weighted by Gasteiger charge is -2.50. The van der Waals surface area contributed by atoms with Crippen molar-refractivity contribution < 1.29 is 13.9 Å².